The molecule has 3 rings (SSSR count). The first-order valence-corrected chi connectivity index (χ1v) is 11.6. The van der Waals surface area contributed by atoms with Gasteiger partial charge in [-0.15, -0.1) is 11.3 Å². The number of hydrogen-bond acceptors (Lipinski definition) is 4. The lowest BCUT2D eigenvalue weighted by Crippen LogP contribution is -2.35. The van der Waals surface area contributed by atoms with Crippen molar-refractivity contribution in [2.24, 2.45) is 0 Å². The largest absolute Gasteiger partial charge is 0.341 e. The molecule has 2 aromatic rings. The highest BCUT2D eigenvalue weighted by Crippen LogP contribution is 2.27. The highest BCUT2D eigenvalue weighted by molar-refractivity contribution is 7.91. The van der Waals surface area contributed by atoms with Crippen LogP contribution in [0.25, 0.3) is 0 Å². The number of thiophene rings is 1. The van der Waals surface area contributed by atoms with E-state index in [1.807, 2.05) is 18.2 Å². The number of rotatable bonds is 6. The molecular weight excluding hydrogens is 404 g/mol. The third-order valence-corrected chi connectivity index (χ3v) is 8.48. The van der Waals surface area contributed by atoms with Crippen LogP contribution in [0.5, 0.6) is 0 Å². The fraction of sp³-hybridized carbons (Fsp3) is 0.421. The summed E-state index contributed by atoms with van der Waals surface area (Å²) in [6, 6.07) is 10.8. The molecule has 8 heteroatoms. The van der Waals surface area contributed by atoms with Crippen molar-refractivity contribution in [3.63, 3.8) is 0 Å². The van der Waals surface area contributed by atoms with E-state index in [4.69, 9.17) is 11.6 Å². The Balaban J connectivity index is 1.64. The summed E-state index contributed by atoms with van der Waals surface area (Å²) < 4.78 is 27.3. The fourth-order valence-electron chi connectivity index (χ4n) is 3.08. The van der Waals surface area contributed by atoms with Crippen molar-refractivity contribution in [2.45, 2.75) is 36.4 Å². The van der Waals surface area contributed by atoms with Crippen molar-refractivity contribution in [1.29, 1.82) is 0 Å². The Morgan fingerprint density at radius 1 is 1.15 bits per heavy atom. The molecule has 1 aromatic heterocycles. The Bertz CT molecular complexity index is 905. The summed E-state index contributed by atoms with van der Waals surface area (Å²) in [5.74, 6) is -0.0707. The molecule has 0 bridgehead atoms. The second kappa shape index (κ2) is 8.73. The van der Waals surface area contributed by atoms with E-state index >= 15 is 0 Å². The van der Waals surface area contributed by atoms with E-state index in [0.717, 1.165) is 29.7 Å². The van der Waals surface area contributed by atoms with E-state index in [-0.39, 0.29) is 12.3 Å². The molecule has 1 aliphatic heterocycles. The van der Waals surface area contributed by atoms with E-state index in [9.17, 15) is 13.2 Å². The van der Waals surface area contributed by atoms with Gasteiger partial charge in [-0.2, -0.15) is 4.31 Å². The number of hydrogen-bond donors (Lipinski definition) is 0. The van der Waals surface area contributed by atoms with Crippen LogP contribution in [0.1, 0.15) is 29.7 Å². The zero-order chi connectivity index (χ0) is 19.4. The van der Waals surface area contributed by atoms with Gasteiger partial charge in [0.1, 0.15) is 4.21 Å². The van der Waals surface area contributed by atoms with Crippen LogP contribution in [0.2, 0.25) is 5.02 Å². The van der Waals surface area contributed by atoms with Crippen LogP contribution in [0.4, 0.5) is 0 Å². The van der Waals surface area contributed by atoms with Gasteiger partial charge in [-0.05, 0) is 36.6 Å². The number of nitrogens with zero attached hydrogens (tertiary/aromatic N) is 2. The van der Waals surface area contributed by atoms with Gasteiger partial charge >= 0.3 is 0 Å². The van der Waals surface area contributed by atoms with E-state index in [1.54, 1.807) is 34.5 Å². The first-order valence-electron chi connectivity index (χ1n) is 8.94. The standard InChI is InChI=1S/C19H23ClN2O3S2/c1-21(14-15-7-3-4-8-17(15)20)18(23)13-16-9-10-19(26-16)27(24,25)22-11-5-2-6-12-22/h3-4,7-10H,2,5-6,11-14H2,1H3. The van der Waals surface area contributed by atoms with Gasteiger partial charge in [0, 0.05) is 36.6 Å². The van der Waals surface area contributed by atoms with Crippen LogP contribution < -0.4 is 0 Å². The number of likely N-dealkylation sites (N-methyl/N-ethyl adjacent to an activating group) is 1. The molecule has 2 heterocycles. The lowest BCUT2D eigenvalue weighted by atomic mass is 10.2. The molecule has 1 aliphatic rings. The molecule has 0 radical (unpaired) electrons. The summed E-state index contributed by atoms with van der Waals surface area (Å²) in [5, 5.41) is 0.628. The van der Waals surface area contributed by atoms with Gasteiger partial charge in [0.2, 0.25) is 5.91 Å². The fourth-order valence-corrected chi connectivity index (χ4v) is 6.29. The van der Waals surface area contributed by atoms with Crippen molar-refractivity contribution in [1.82, 2.24) is 9.21 Å². The minimum Gasteiger partial charge on any atom is -0.341 e. The number of carbonyl (C=O) groups excluding carboxylic acids is 1. The molecule has 0 aliphatic carbocycles. The molecule has 0 atom stereocenters. The van der Waals surface area contributed by atoms with Crippen molar-refractivity contribution in [3.05, 3.63) is 51.9 Å². The maximum atomic E-state index is 12.7. The quantitative estimate of drug-likeness (QED) is 0.706. The average molecular weight is 427 g/mol. The summed E-state index contributed by atoms with van der Waals surface area (Å²) in [6.45, 7) is 1.58. The Morgan fingerprint density at radius 3 is 2.56 bits per heavy atom. The third-order valence-electron chi connectivity index (χ3n) is 4.66. The number of piperidine rings is 1. The number of amides is 1. The maximum Gasteiger partial charge on any atom is 0.252 e. The Hall–Kier alpha value is -1.41. The molecule has 0 N–H and O–H groups in total. The Labute approximate surface area is 169 Å². The zero-order valence-electron chi connectivity index (χ0n) is 15.2. The second-order valence-electron chi connectivity index (χ2n) is 6.70. The first kappa shape index (κ1) is 20.3. The van der Waals surface area contributed by atoms with Gasteiger partial charge in [-0.25, -0.2) is 8.42 Å². The Kier molecular flexibility index (Phi) is 6.57. The van der Waals surface area contributed by atoms with Crippen LogP contribution in [0.15, 0.2) is 40.6 Å². The van der Waals surface area contributed by atoms with Crippen LogP contribution in [-0.2, 0) is 27.8 Å². The smallest absolute Gasteiger partial charge is 0.252 e. The average Bonchev–Trinajstić information content (AvgIpc) is 3.13. The van der Waals surface area contributed by atoms with Crippen LogP contribution in [0, 0.1) is 0 Å². The van der Waals surface area contributed by atoms with E-state index in [2.05, 4.69) is 0 Å². The molecule has 1 amide bonds. The van der Waals surface area contributed by atoms with Gasteiger partial charge in [-0.3, -0.25) is 4.79 Å². The summed E-state index contributed by atoms with van der Waals surface area (Å²) in [6.07, 6.45) is 3.07. The molecule has 1 fully saturated rings. The second-order valence-corrected chi connectivity index (χ2v) is 10.4. The van der Waals surface area contributed by atoms with Gasteiger partial charge in [0.05, 0.1) is 6.42 Å². The molecule has 5 nitrogen and oxygen atoms in total. The summed E-state index contributed by atoms with van der Waals surface area (Å²) in [7, 11) is -1.72. The molecular formula is C19H23ClN2O3S2. The molecule has 0 unspecified atom stereocenters. The summed E-state index contributed by atoms with van der Waals surface area (Å²) >= 11 is 7.34. The number of sulfonamides is 1. The van der Waals surface area contributed by atoms with Gasteiger partial charge in [-0.1, -0.05) is 36.2 Å². The third kappa shape index (κ3) is 4.90. The molecule has 1 saturated heterocycles. The molecule has 27 heavy (non-hydrogen) atoms. The topological polar surface area (TPSA) is 57.7 Å². The monoisotopic (exact) mass is 426 g/mol. The zero-order valence-corrected chi connectivity index (χ0v) is 17.6. The number of benzene rings is 1. The SMILES string of the molecule is CN(Cc1ccccc1Cl)C(=O)Cc1ccc(S(=O)(=O)N2CCCCC2)s1. The number of halogens is 1. The molecule has 146 valence electrons. The van der Waals surface area contributed by atoms with Crippen LogP contribution in [0.3, 0.4) is 0 Å². The molecule has 0 saturated carbocycles. The van der Waals surface area contributed by atoms with E-state index in [1.165, 1.54) is 11.3 Å². The highest BCUT2D eigenvalue weighted by Gasteiger charge is 2.27. The minimum absolute atomic E-state index is 0.0707. The minimum atomic E-state index is -3.44. The van der Waals surface area contributed by atoms with E-state index in [0.29, 0.717) is 28.9 Å². The normalized spacial score (nSPS) is 15.6. The lowest BCUT2D eigenvalue weighted by Gasteiger charge is -2.25. The summed E-state index contributed by atoms with van der Waals surface area (Å²) in [4.78, 5) is 14.9. The van der Waals surface area contributed by atoms with Crippen molar-refractivity contribution >= 4 is 38.9 Å². The maximum absolute atomic E-state index is 12.7. The predicted molar refractivity (Wildman–Crippen MR) is 109 cm³/mol. The van der Waals surface area contributed by atoms with Crippen LogP contribution >= 0.6 is 22.9 Å². The lowest BCUT2D eigenvalue weighted by molar-refractivity contribution is -0.129. The Morgan fingerprint density at radius 2 is 1.85 bits per heavy atom. The van der Waals surface area contributed by atoms with Gasteiger partial charge in [0.15, 0.2) is 0 Å². The summed E-state index contributed by atoms with van der Waals surface area (Å²) in [5.41, 5.74) is 0.884. The molecule has 1 aromatic carbocycles. The molecule has 0 spiro atoms. The first-order chi connectivity index (χ1) is 12.9. The van der Waals surface area contributed by atoms with Crippen molar-refractivity contribution < 1.29 is 13.2 Å². The van der Waals surface area contributed by atoms with Crippen molar-refractivity contribution in [3.8, 4) is 0 Å². The number of carbonyl (C=O) groups is 1. The van der Waals surface area contributed by atoms with Crippen LogP contribution in [-0.4, -0.2) is 43.7 Å². The highest BCUT2D eigenvalue weighted by atomic mass is 35.5. The van der Waals surface area contributed by atoms with Gasteiger partial charge in [0.25, 0.3) is 10.0 Å². The van der Waals surface area contributed by atoms with Gasteiger partial charge < -0.3 is 4.90 Å². The van der Waals surface area contributed by atoms with Crippen molar-refractivity contribution in [2.75, 3.05) is 20.1 Å². The van der Waals surface area contributed by atoms with E-state index < -0.39 is 10.0 Å². The predicted octanol–water partition coefficient (Wildman–Crippen LogP) is 3.78.